The lowest BCUT2D eigenvalue weighted by atomic mass is 9.97. The molecule has 2 aromatic rings. The van der Waals surface area contributed by atoms with Crippen molar-refractivity contribution in [3.8, 4) is 5.75 Å². The minimum Gasteiger partial charge on any atom is -0.484 e. The van der Waals surface area contributed by atoms with Crippen molar-refractivity contribution in [1.29, 1.82) is 0 Å². The standard InChI is InChI=1S/C21H24Cl2N2O4S/c1-15-11-20(19(23)12-18(15)22)30(27,28)24-13-16-7-9-25(10-8-16)21(26)14-29-17-5-3-2-4-6-17/h2-6,11-12,16,24H,7-10,13-14H2,1H3. The smallest absolute Gasteiger partial charge is 0.260 e. The number of aryl methyl sites for hydroxylation is 1. The van der Waals surface area contributed by atoms with Crippen molar-refractivity contribution in [3.63, 3.8) is 0 Å². The van der Waals surface area contributed by atoms with Crippen LogP contribution in [0.3, 0.4) is 0 Å². The maximum absolute atomic E-state index is 12.6. The van der Waals surface area contributed by atoms with Crippen molar-refractivity contribution in [3.05, 3.63) is 58.1 Å². The number of carbonyl (C=O) groups excluding carboxylic acids is 1. The van der Waals surface area contributed by atoms with E-state index in [0.717, 1.165) is 0 Å². The maximum Gasteiger partial charge on any atom is 0.260 e. The van der Waals surface area contributed by atoms with E-state index in [4.69, 9.17) is 27.9 Å². The van der Waals surface area contributed by atoms with E-state index in [1.54, 1.807) is 24.0 Å². The van der Waals surface area contributed by atoms with Gasteiger partial charge < -0.3 is 9.64 Å². The predicted octanol–water partition coefficient (Wildman–Crippen LogP) is 3.90. The van der Waals surface area contributed by atoms with Gasteiger partial charge in [-0.25, -0.2) is 13.1 Å². The van der Waals surface area contributed by atoms with Crippen LogP contribution < -0.4 is 9.46 Å². The molecule has 1 aliphatic heterocycles. The number of halogens is 2. The summed E-state index contributed by atoms with van der Waals surface area (Å²) in [7, 11) is -3.74. The molecule has 0 unspecified atom stereocenters. The minimum absolute atomic E-state index is 0.00424. The second-order valence-electron chi connectivity index (χ2n) is 7.31. The summed E-state index contributed by atoms with van der Waals surface area (Å²) in [5.41, 5.74) is 0.644. The number of hydrogen-bond acceptors (Lipinski definition) is 4. The van der Waals surface area contributed by atoms with Crippen LogP contribution in [-0.4, -0.2) is 45.5 Å². The number of likely N-dealkylation sites (tertiary alicyclic amines) is 1. The number of amides is 1. The van der Waals surface area contributed by atoms with Crippen LogP contribution >= 0.6 is 23.2 Å². The van der Waals surface area contributed by atoms with Crippen LogP contribution in [0.15, 0.2) is 47.4 Å². The van der Waals surface area contributed by atoms with Crippen LogP contribution in [0.25, 0.3) is 0 Å². The number of nitrogens with zero attached hydrogens (tertiary/aromatic N) is 1. The van der Waals surface area contributed by atoms with Gasteiger partial charge in [0.1, 0.15) is 10.6 Å². The molecule has 1 saturated heterocycles. The Balaban J connectivity index is 1.47. The predicted molar refractivity (Wildman–Crippen MR) is 118 cm³/mol. The molecule has 162 valence electrons. The zero-order valence-electron chi connectivity index (χ0n) is 16.6. The van der Waals surface area contributed by atoms with Crippen molar-refractivity contribution in [2.24, 2.45) is 5.92 Å². The van der Waals surface area contributed by atoms with Gasteiger partial charge in [-0.15, -0.1) is 0 Å². The molecule has 30 heavy (non-hydrogen) atoms. The second kappa shape index (κ2) is 10.0. The van der Waals surface area contributed by atoms with E-state index >= 15 is 0 Å². The quantitative estimate of drug-likeness (QED) is 0.665. The van der Waals surface area contributed by atoms with Gasteiger partial charge in [0, 0.05) is 24.7 Å². The van der Waals surface area contributed by atoms with E-state index in [1.807, 2.05) is 18.2 Å². The molecule has 0 radical (unpaired) electrons. The van der Waals surface area contributed by atoms with Gasteiger partial charge in [0.2, 0.25) is 10.0 Å². The monoisotopic (exact) mass is 470 g/mol. The normalized spacial score (nSPS) is 15.2. The first-order valence-corrected chi connectivity index (χ1v) is 11.9. The fourth-order valence-electron chi connectivity index (χ4n) is 3.28. The second-order valence-corrected chi connectivity index (χ2v) is 9.86. The number of sulfonamides is 1. The Bertz CT molecular complexity index is 992. The molecule has 3 rings (SSSR count). The van der Waals surface area contributed by atoms with Crippen LogP contribution in [0, 0.1) is 12.8 Å². The van der Waals surface area contributed by atoms with Crippen LogP contribution in [0.1, 0.15) is 18.4 Å². The average Bonchev–Trinajstić information content (AvgIpc) is 2.74. The summed E-state index contributed by atoms with van der Waals surface area (Å²) in [6, 6.07) is 12.1. The summed E-state index contributed by atoms with van der Waals surface area (Å²) in [5, 5.41) is 0.518. The van der Waals surface area contributed by atoms with Gasteiger partial charge in [-0.1, -0.05) is 41.4 Å². The summed E-state index contributed by atoms with van der Waals surface area (Å²) >= 11 is 12.1. The highest BCUT2D eigenvalue weighted by atomic mass is 35.5. The Morgan fingerprint density at radius 2 is 1.80 bits per heavy atom. The number of piperidine rings is 1. The van der Waals surface area contributed by atoms with E-state index in [-0.39, 0.29) is 28.4 Å². The largest absolute Gasteiger partial charge is 0.484 e. The summed E-state index contributed by atoms with van der Waals surface area (Å²) in [4.78, 5) is 14.1. The van der Waals surface area contributed by atoms with Gasteiger partial charge in [-0.05, 0) is 55.5 Å². The summed E-state index contributed by atoms with van der Waals surface area (Å²) in [6.45, 7) is 3.17. The number of para-hydroxylation sites is 1. The van der Waals surface area contributed by atoms with E-state index in [9.17, 15) is 13.2 Å². The zero-order valence-corrected chi connectivity index (χ0v) is 18.9. The van der Waals surface area contributed by atoms with Gasteiger partial charge >= 0.3 is 0 Å². The molecule has 9 heteroatoms. The molecule has 0 spiro atoms. The Morgan fingerprint density at radius 1 is 1.13 bits per heavy atom. The van der Waals surface area contributed by atoms with Gasteiger partial charge in [0.05, 0.1) is 5.02 Å². The van der Waals surface area contributed by atoms with Gasteiger partial charge in [0.25, 0.3) is 5.91 Å². The molecule has 0 bridgehead atoms. The first-order valence-electron chi connectivity index (χ1n) is 9.67. The molecule has 1 aliphatic rings. The fourth-order valence-corrected chi connectivity index (χ4v) is 5.23. The van der Waals surface area contributed by atoms with E-state index in [2.05, 4.69) is 4.72 Å². The molecule has 0 aromatic heterocycles. The molecular weight excluding hydrogens is 447 g/mol. The molecule has 0 saturated carbocycles. The molecule has 2 aromatic carbocycles. The number of carbonyl (C=O) groups is 1. The molecule has 1 N–H and O–H groups in total. The minimum atomic E-state index is -3.74. The summed E-state index contributed by atoms with van der Waals surface area (Å²) in [5.74, 6) is 0.735. The van der Waals surface area contributed by atoms with Crippen molar-refractivity contribution in [2.45, 2.75) is 24.7 Å². The van der Waals surface area contributed by atoms with Crippen molar-refractivity contribution < 1.29 is 17.9 Å². The third-order valence-electron chi connectivity index (χ3n) is 5.14. The third-order valence-corrected chi connectivity index (χ3v) is 7.43. The number of nitrogens with one attached hydrogen (secondary N) is 1. The Hall–Kier alpha value is -1.80. The van der Waals surface area contributed by atoms with E-state index < -0.39 is 10.0 Å². The zero-order chi connectivity index (χ0) is 21.7. The highest BCUT2D eigenvalue weighted by Crippen LogP contribution is 2.28. The highest BCUT2D eigenvalue weighted by molar-refractivity contribution is 7.89. The number of ether oxygens (including phenoxy) is 1. The SMILES string of the molecule is Cc1cc(S(=O)(=O)NCC2CCN(C(=O)COc3ccccc3)CC2)c(Cl)cc1Cl. The van der Waals surface area contributed by atoms with Crippen LogP contribution in [0.4, 0.5) is 0 Å². The highest BCUT2D eigenvalue weighted by Gasteiger charge is 2.25. The molecular formula is C21H24Cl2N2O4S. The van der Waals surface area contributed by atoms with E-state index in [0.29, 0.717) is 48.8 Å². The van der Waals surface area contributed by atoms with Gasteiger partial charge in [0.15, 0.2) is 6.61 Å². The van der Waals surface area contributed by atoms with Crippen molar-refractivity contribution in [2.75, 3.05) is 26.2 Å². The topological polar surface area (TPSA) is 75.7 Å². The molecule has 1 amide bonds. The molecule has 0 atom stereocenters. The van der Waals surface area contributed by atoms with Crippen LogP contribution in [-0.2, 0) is 14.8 Å². The summed E-state index contributed by atoms with van der Waals surface area (Å²) in [6.07, 6.45) is 1.43. The number of rotatable bonds is 7. The summed E-state index contributed by atoms with van der Waals surface area (Å²) < 4.78 is 33.4. The van der Waals surface area contributed by atoms with Crippen molar-refractivity contribution in [1.82, 2.24) is 9.62 Å². The van der Waals surface area contributed by atoms with Gasteiger partial charge in [-0.2, -0.15) is 0 Å². The maximum atomic E-state index is 12.6. The van der Waals surface area contributed by atoms with E-state index in [1.165, 1.54) is 12.1 Å². The lowest BCUT2D eigenvalue weighted by Gasteiger charge is -2.32. The van der Waals surface area contributed by atoms with Crippen LogP contribution in [0.2, 0.25) is 10.0 Å². The molecule has 0 aliphatic carbocycles. The first-order chi connectivity index (χ1) is 14.3. The van der Waals surface area contributed by atoms with Crippen LogP contribution in [0.5, 0.6) is 5.75 Å². The Morgan fingerprint density at radius 3 is 2.47 bits per heavy atom. The number of benzene rings is 2. The fraction of sp³-hybridized carbons (Fsp3) is 0.381. The first kappa shape index (κ1) is 22.9. The molecule has 1 heterocycles. The average molecular weight is 471 g/mol. The number of hydrogen-bond donors (Lipinski definition) is 1. The third kappa shape index (κ3) is 5.88. The molecule has 6 nitrogen and oxygen atoms in total. The molecule has 1 fully saturated rings. The lowest BCUT2D eigenvalue weighted by molar-refractivity contribution is -0.134. The van der Waals surface area contributed by atoms with Gasteiger partial charge in [-0.3, -0.25) is 4.79 Å². The Kier molecular flexibility index (Phi) is 7.63. The lowest BCUT2D eigenvalue weighted by Crippen LogP contribution is -2.43. The Labute approximate surface area is 187 Å². The van der Waals surface area contributed by atoms with Crippen molar-refractivity contribution >= 4 is 39.1 Å².